The quantitative estimate of drug-likeness (QED) is 0.209. The number of carbonyl (C=O) groups excluding carboxylic acids is 9. The number of rotatable bonds is 8. The highest BCUT2D eigenvalue weighted by Crippen LogP contribution is 2.56. The van der Waals surface area contributed by atoms with Gasteiger partial charge in [0, 0.05) is 65.7 Å². The average Bonchev–Trinajstić information content (AvgIpc) is 3.21. The van der Waals surface area contributed by atoms with Gasteiger partial charge in [0.25, 0.3) is 0 Å². The van der Waals surface area contributed by atoms with Crippen molar-refractivity contribution >= 4 is 53.5 Å². The fraction of sp³-hybridized carbons (Fsp3) is 0.711. The lowest BCUT2D eigenvalue weighted by Crippen LogP contribution is -2.72. The first-order valence-electron chi connectivity index (χ1n) is 18.1. The molecule has 56 heavy (non-hydrogen) atoms. The van der Waals surface area contributed by atoms with E-state index in [1.54, 1.807) is 0 Å². The summed E-state index contributed by atoms with van der Waals surface area (Å²) in [6.45, 7) is 14.2. The summed E-state index contributed by atoms with van der Waals surface area (Å²) in [5.74, 6) is -13.9. The maximum absolute atomic E-state index is 15.0. The summed E-state index contributed by atoms with van der Waals surface area (Å²) in [4.78, 5) is 120. The number of carbonyl (C=O) groups is 9. The van der Waals surface area contributed by atoms with Gasteiger partial charge in [0.15, 0.2) is 59.2 Å². The summed E-state index contributed by atoms with van der Waals surface area (Å²) in [7, 11) is 0. The molecule has 0 aromatic rings. The van der Waals surface area contributed by atoms with Gasteiger partial charge >= 0.3 is 47.8 Å². The topological polar surface area (TPSA) is 248 Å². The van der Waals surface area contributed by atoms with Gasteiger partial charge in [-0.25, -0.2) is 0 Å². The van der Waals surface area contributed by atoms with Crippen LogP contribution in [0.3, 0.4) is 0 Å². The fourth-order valence-corrected chi connectivity index (χ4v) is 7.99. The maximum Gasteiger partial charge on any atom is 0.308 e. The van der Waals surface area contributed by atoms with E-state index in [2.05, 4.69) is 0 Å². The van der Waals surface area contributed by atoms with E-state index < -0.39 is 143 Å². The van der Waals surface area contributed by atoms with Gasteiger partial charge < -0.3 is 43.0 Å². The van der Waals surface area contributed by atoms with Crippen LogP contribution in [0.1, 0.15) is 95.9 Å². The Morgan fingerprint density at radius 3 is 1.73 bits per heavy atom. The van der Waals surface area contributed by atoms with Crippen molar-refractivity contribution in [2.45, 2.75) is 149 Å². The summed E-state index contributed by atoms with van der Waals surface area (Å²) in [5, 5.41) is 13.2. The number of esters is 8. The molecule has 0 aromatic heterocycles. The third kappa shape index (κ3) is 8.89. The number of hydrogen-bond donors (Lipinski definition) is 1. The maximum atomic E-state index is 15.0. The molecule has 0 aromatic carbocycles. The lowest BCUT2D eigenvalue weighted by atomic mass is 9.66. The minimum Gasteiger partial charge on any atom is -0.458 e. The number of Topliss-reactive ketones (excluding diaryl/α,β-unsaturated/α-hetero) is 1. The number of aliphatic hydroxyl groups is 1. The van der Waals surface area contributed by atoms with Crippen LogP contribution < -0.4 is 0 Å². The summed E-state index contributed by atoms with van der Waals surface area (Å²) < 4.78 is 46.8. The molecule has 312 valence electrons. The molecule has 0 radical (unpaired) electrons. The molecule has 0 unspecified atom stereocenters. The Hall–Kier alpha value is -4.87. The highest BCUT2D eigenvalue weighted by atomic mass is 16.7. The summed E-state index contributed by atoms with van der Waals surface area (Å²) in [6.07, 6.45) is -10.7. The first-order chi connectivity index (χ1) is 25.6. The fourth-order valence-electron chi connectivity index (χ4n) is 7.99. The van der Waals surface area contributed by atoms with Gasteiger partial charge in [-0.2, -0.15) is 0 Å². The van der Waals surface area contributed by atoms with E-state index in [-0.39, 0.29) is 0 Å². The summed E-state index contributed by atoms with van der Waals surface area (Å²) in [5.41, 5.74) is -9.69. The van der Waals surface area contributed by atoms with Gasteiger partial charge in [-0.1, -0.05) is 46.8 Å². The van der Waals surface area contributed by atoms with E-state index in [0.29, 0.717) is 0 Å². The predicted octanol–water partition coefficient (Wildman–Crippen LogP) is 1.77. The molecule has 0 bridgehead atoms. The monoisotopic (exact) mass is 796 g/mol. The number of hydrogen-bond acceptors (Lipinski definition) is 18. The number of allylic oxidation sites excluding steroid dienone is 1. The van der Waals surface area contributed by atoms with E-state index in [1.807, 2.05) is 0 Å². The van der Waals surface area contributed by atoms with Gasteiger partial charge in [0.2, 0.25) is 0 Å². The van der Waals surface area contributed by atoms with Crippen LogP contribution in [0, 0.1) is 23.2 Å². The predicted molar refractivity (Wildman–Crippen MR) is 186 cm³/mol. The Morgan fingerprint density at radius 2 is 1.25 bits per heavy atom. The van der Waals surface area contributed by atoms with Crippen molar-refractivity contribution in [1.82, 2.24) is 0 Å². The van der Waals surface area contributed by atoms with Gasteiger partial charge in [0.05, 0.1) is 11.8 Å². The van der Waals surface area contributed by atoms with Crippen LogP contribution in [0.15, 0.2) is 12.2 Å². The van der Waals surface area contributed by atoms with Crippen molar-refractivity contribution in [3.63, 3.8) is 0 Å². The van der Waals surface area contributed by atoms with E-state index in [9.17, 15) is 43.5 Å². The van der Waals surface area contributed by atoms with Crippen LogP contribution in [-0.4, -0.2) is 112 Å². The zero-order valence-electron chi connectivity index (χ0n) is 33.7. The third-order valence-corrected chi connectivity index (χ3v) is 10.1. The molecular weight excluding hydrogens is 744 g/mol. The Bertz CT molecular complexity index is 1660. The van der Waals surface area contributed by atoms with Crippen molar-refractivity contribution in [1.29, 1.82) is 0 Å². The zero-order chi connectivity index (χ0) is 42.9. The number of ketones is 1. The van der Waals surface area contributed by atoms with Crippen molar-refractivity contribution in [2.24, 2.45) is 23.2 Å². The van der Waals surface area contributed by atoms with E-state index >= 15 is 4.79 Å². The first-order valence-corrected chi connectivity index (χ1v) is 18.1. The second-order valence-corrected chi connectivity index (χ2v) is 15.6. The number of fused-ring (bicyclic) bond motifs is 3. The summed E-state index contributed by atoms with van der Waals surface area (Å²) >= 11 is 0. The van der Waals surface area contributed by atoms with Crippen molar-refractivity contribution in [3.05, 3.63) is 12.2 Å². The first kappa shape index (κ1) is 45.5. The molecule has 1 saturated carbocycles. The molecule has 1 aliphatic heterocycles. The van der Waals surface area contributed by atoms with Gasteiger partial charge in [0.1, 0.15) is 0 Å². The molecule has 18 nitrogen and oxygen atoms in total. The molecule has 1 N–H and O–H groups in total. The molecule has 0 spiro atoms. The highest BCUT2D eigenvalue weighted by Gasteiger charge is 2.80. The second-order valence-electron chi connectivity index (χ2n) is 15.6. The minimum absolute atomic E-state index is 0.587. The van der Waals surface area contributed by atoms with Crippen molar-refractivity contribution < 1.29 is 86.2 Å². The molecule has 11 atom stereocenters. The van der Waals surface area contributed by atoms with Crippen LogP contribution in [0.2, 0.25) is 0 Å². The molecule has 2 fully saturated rings. The molecule has 2 aliphatic carbocycles. The number of ether oxygens (including phenoxy) is 8. The van der Waals surface area contributed by atoms with Crippen molar-refractivity contribution in [2.75, 3.05) is 0 Å². The van der Waals surface area contributed by atoms with Crippen LogP contribution in [0.25, 0.3) is 0 Å². The second kappa shape index (κ2) is 16.7. The zero-order valence-corrected chi connectivity index (χ0v) is 33.7. The van der Waals surface area contributed by atoms with E-state index in [1.165, 1.54) is 46.8 Å². The Morgan fingerprint density at radius 1 is 0.732 bits per heavy atom. The molecule has 1 heterocycles. The molecular formula is C38H52O18. The van der Waals surface area contributed by atoms with Crippen LogP contribution in [0.5, 0.6) is 0 Å². The van der Waals surface area contributed by atoms with Crippen LogP contribution in [0.4, 0.5) is 0 Å². The summed E-state index contributed by atoms with van der Waals surface area (Å²) in [6, 6.07) is 0. The minimum atomic E-state index is -3.16. The Kier molecular flexibility index (Phi) is 13.6. The molecule has 0 amide bonds. The smallest absolute Gasteiger partial charge is 0.308 e. The Labute approximate surface area is 324 Å². The largest absolute Gasteiger partial charge is 0.458 e. The lowest BCUT2D eigenvalue weighted by Gasteiger charge is -2.53. The third-order valence-electron chi connectivity index (χ3n) is 10.1. The molecule has 18 heteroatoms. The molecule has 3 rings (SSSR count). The highest BCUT2D eigenvalue weighted by molar-refractivity contribution is 5.93. The average molecular weight is 797 g/mol. The van der Waals surface area contributed by atoms with Crippen LogP contribution in [-0.2, 0) is 81.0 Å². The normalized spacial score (nSPS) is 35.8. The van der Waals surface area contributed by atoms with Gasteiger partial charge in [-0.3, -0.25) is 43.2 Å². The Balaban J connectivity index is 2.77. The molecule has 3 aliphatic rings. The lowest BCUT2D eigenvalue weighted by molar-refractivity contribution is -0.272. The molecule has 1 saturated heterocycles. The van der Waals surface area contributed by atoms with Crippen LogP contribution >= 0.6 is 0 Å². The van der Waals surface area contributed by atoms with E-state index in [0.717, 1.165) is 48.5 Å². The SMILES string of the molecule is CC(=O)O[C@@H]1[C@H](OC(C)=O)C(C)(C)/C=C/[C@@H](C)C(=O)[C@@]2(O)[C@@H]([C@H](OC(C)=O)[C@@](C)(OC(C)=O)[C@@H]2OC(C)=O)[C@@H]2OC(=O)CC[C@]2(OC(C)=O)[C@H]1OC(=O)C(C)C. The standard InChI is InChI=1S/C38H52O18/c1-17(2)33(47)54-32-27(49-19(4)39)31(51-21(6)41)35(10,11)15-13-18(3)28(46)38(48)26(30-37(32,56-24(9)44)16-14-25(45)53-30)29(50-20(5)40)36(12,55-23(8)43)34(38)52-22(7)42/h13,15,17-18,26-27,29-32,34,48H,14,16H2,1-12H3/b15-13+/t18-,26+,27-,29+,30+,31+,32+,34+,36-,37-,38+/m1/s1. The van der Waals surface area contributed by atoms with Crippen molar-refractivity contribution in [3.8, 4) is 0 Å². The van der Waals surface area contributed by atoms with Gasteiger partial charge in [-0.05, 0) is 6.92 Å². The van der Waals surface area contributed by atoms with E-state index in [4.69, 9.17) is 37.9 Å². The van der Waals surface area contributed by atoms with Gasteiger partial charge in [-0.15, -0.1) is 0 Å².